The normalized spacial score (nSPS) is 37.8. The molecule has 0 atom stereocenters. The molecule has 1 aromatic rings. The minimum absolute atomic E-state index is 0.120. The van der Waals surface area contributed by atoms with Crippen LogP contribution in [0.15, 0.2) is 24.3 Å². The number of ether oxygens (including phenoxy) is 1. The Kier molecular flexibility index (Phi) is 3.54. The van der Waals surface area contributed by atoms with Crippen LogP contribution in [-0.4, -0.2) is 11.5 Å². The summed E-state index contributed by atoms with van der Waals surface area (Å²) in [5.41, 5.74) is 1.06. The highest BCUT2D eigenvalue weighted by atomic mass is 35.5. The van der Waals surface area contributed by atoms with Crippen LogP contribution in [0.4, 0.5) is 0 Å². The second kappa shape index (κ2) is 5.51. The van der Waals surface area contributed by atoms with Crippen molar-refractivity contribution >= 4 is 23.1 Å². The van der Waals surface area contributed by atoms with Gasteiger partial charge in [-0.2, -0.15) is 0 Å². The molecule has 26 heavy (non-hydrogen) atoms. The third kappa shape index (κ3) is 2.67. The number of benzene rings is 1. The standard InChI is InChI=1S/C22H26ClNO2/c1-21(2)24-18(17-8-16(23)3-4-19(17)26-21)9-20(25)22-10-13-5-14(11-22)7-15(6-13)12-22/h3-4,8-9,13-15,24H,5-7,10-12H2,1-2H3/b18-9-. The molecule has 0 unspecified atom stereocenters. The molecule has 4 heteroatoms. The fourth-order valence-corrected chi connectivity index (χ4v) is 6.48. The lowest BCUT2D eigenvalue weighted by Gasteiger charge is -2.55. The Hall–Kier alpha value is -1.48. The Morgan fingerprint density at radius 2 is 1.77 bits per heavy atom. The molecule has 4 saturated carbocycles. The van der Waals surface area contributed by atoms with Crippen molar-refractivity contribution in [2.45, 2.75) is 58.1 Å². The smallest absolute Gasteiger partial charge is 0.175 e. The van der Waals surface area contributed by atoms with Crippen LogP contribution >= 0.6 is 11.6 Å². The molecule has 0 amide bonds. The van der Waals surface area contributed by atoms with Crippen molar-refractivity contribution in [3.05, 3.63) is 34.9 Å². The number of hydrogen-bond donors (Lipinski definition) is 1. The Morgan fingerprint density at radius 1 is 1.15 bits per heavy atom. The van der Waals surface area contributed by atoms with Gasteiger partial charge in [0.05, 0.1) is 5.70 Å². The molecule has 0 aromatic heterocycles. The predicted molar refractivity (Wildman–Crippen MR) is 103 cm³/mol. The number of halogens is 1. The largest absolute Gasteiger partial charge is 0.468 e. The molecule has 1 aliphatic heterocycles. The quantitative estimate of drug-likeness (QED) is 0.727. The van der Waals surface area contributed by atoms with Crippen LogP contribution in [-0.2, 0) is 4.79 Å². The van der Waals surface area contributed by atoms with E-state index in [0.717, 1.165) is 54.0 Å². The summed E-state index contributed by atoms with van der Waals surface area (Å²) in [7, 11) is 0. The molecule has 6 rings (SSSR count). The summed E-state index contributed by atoms with van der Waals surface area (Å²) in [5.74, 6) is 3.39. The van der Waals surface area contributed by atoms with Crippen LogP contribution in [0.25, 0.3) is 5.70 Å². The van der Waals surface area contributed by atoms with Gasteiger partial charge in [0.1, 0.15) is 5.75 Å². The van der Waals surface area contributed by atoms with E-state index in [0.29, 0.717) is 10.8 Å². The van der Waals surface area contributed by atoms with Gasteiger partial charge in [0.25, 0.3) is 0 Å². The van der Waals surface area contributed by atoms with Crippen molar-refractivity contribution in [1.29, 1.82) is 0 Å². The van der Waals surface area contributed by atoms with Gasteiger partial charge in [-0.3, -0.25) is 4.79 Å². The van der Waals surface area contributed by atoms with Gasteiger partial charge >= 0.3 is 0 Å². The molecule has 1 aromatic carbocycles. The Bertz CT molecular complexity index is 775. The van der Waals surface area contributed by atoms with E-state index < -0.39 is 5.72 Å². The van der Waals surface area contributed by atoms with E-state index >= 15 is 0 Å². The summed E-state index contributed by atoms with van der Waals surface area (Å²) in [4.78, 5) is 13.5. The van der Waals surface area contributed by atoms with Gasteiger partial charge in [-0.15, -0.1) is 0 Å². The minimum Gasteiger partial charge on any atom is -0.468 e. The number of nitrogens with one attached hydrogen (secondary N) is 1. The molecule has 1 heterocycles. The van der Waals surface area contributed by atoms with Crippen LogP contribution in [0, 0.1) is 23.2 Å². The first-order chi connectivity index (χ1) is 12.3. The number of ketones is 1. The van der Waals surface area contributed by atoms with E-state index in [9.17, 15) is 4.79 Å². The molecule has 4 bridgehead atoms. The highest BCUT2D eigenvalue weighted by molar-refractivity contribution is 6.30. The van der Waals surface area contributed by atoms with E-state index in [1.54, 1.807) is 0 Å². The zero-order chi connectivity index (χ0) is 18.1. The van der Waals surface area contributed by atoms with E-state index in [2.05, 4.69) is 5.32 Å². The van der Waals surface area contributed by atoms with Crippen molar-refractivity contribution in [3.8, 4) is 5.75 Å². The first kappa shape index (κ1) is 16.7. The topological polar surface area (TPSA) is 38.3 Å². The molecule has 0 spiro atoms. The fraction of sp³-hybridized carbons (Fsp3) is 0.591. The van der Waals surface area contributed by atoms with Crippen LogP contribution in [0.3, 0.4) is 0 Å². The molecule has 4 fully saturated rings. The summed E-state index contributed by atoms with van der Waals surface area (Å²) in [6.07, 6.45) is 9.16. The summed E-state index contributed by atoms with van der Waals surface area (Å²) >= 11 is 6.21. The third-order valence-corrected chi connectivity index (χ3v) is 7.10. The monoisotopic (exact) mass is 371 g/mol. The lowest BCUT2D eigenvalue weighted by Crippen LogP contribution is -2.50. The van der Waals surface area contributed by atoms with E-state index in [1.807, 2.05) is 38.1 Å². The summed E-state index contributed by atoms with van der Waals surface area (Å²) in [6, 6.07) is 5.61. The van der Waals surface area contributed by atoms with E-state index in [-0.39, 0.29) is 5.41 Å². The molecule has 138 valence electrons. The van der Waals surface area contributed by atoms with Gasteiger partial charge in [0, 0.05) is 22.1 Å². The summed E-state index contributed by atoms with van der Waals surface area (Å²) in [5, 5.41) is 4.05. The Balaban J connectivity index is 1.52. The van der Waals surface area contributed by atoms with Gasteiger partial charge < -0.3 is 10.1 Å². The lowest BCUT2D eigenvalue weighted by atomic mass is 9.48. The number of fused-ring (bicyclic) bond motifs is 1. The molecule has 3 nitrogen and oxygen atoms in total. The maximum atomic E-state index is 13.5. The first-order valence-electron chi connectivity index (χ1n) is 9.85. The Labute approximate surface area is 160 Å². The van der Waals surface area contributed by atoms with Gasteiger partial charge in [-0.05, 0) is 88.3 Å². The zero-order valence-electron chi connectivity index (χ0n) is 15.5. The van der Waals surface area contributed by atoms with Crippen LogP contribution < -0.4 is 10.1 Å². The summed E-state index contributed by atoms with van der Waals surface area (Å²) in [6.45, 7) is 3.96. The van der Waals surface area contributed by atoms with E-state index in [1.165, 1.54) is 19.3 Å². The minimum atomic E-state index is -0.547. The third-order valence-electron chi connectivity index (χ3n) is 6.87. The highest BCUT2D eigenvalue weighted by Crippen LogP contribution is 2.60. The van der Waals surface area contributed by atoms with Crippen molar-refractivity contribution in [1.82, 2.24) is 5.32 Å². The molecular formula is C22H26ClNO2. The fourth-order valence-electron chi connectivity index (χ4n) is 6.30. The number of allylic oxidation sites excluding steroid dienone is 1. The number of rotatable bonds is 2. The number of carbonyl (C=O) groups is 1. The molecule has 4 aliphatic carbocycles. The zero-order valence-corrected chi connectivity index (χ0v) is 16.2. The van der Waals surface area contributed by atoms with Gasteiger partial charge in [0.15, 0.2) is 11.5 Å². The van der Waals surface area contributed by atoms with Gasteiger partial charge in [-0.25, -0.2) is 0 Å². The van der Waals surface area contributed by atoms with Crippen LogP contribution in [0.1, 0.15) is 57.9 Å². The lowest BCUT2D eigenvalue weighted by molar-refractivity contribution is -0.138. The van der Waals surface area contributed by atoms with Crippen LogP contribution in [0.2, 0.25) is 5.02 Å². The molecule has 5 aliphatic rings. The average molecular weight is 372 g/mol. The maximum Gasteiger partial charge on any atom is 0.175 e. The number of hydrogen-bond acceptors (Lipinski definition) is 3. The molecule has 0 saturated heterocycles. The highest BCUT2D eigenvalue weighted by Gasteiger charge is 2.54. The second-order valence-corrected chi connectivity index (χ2v) is 9.93. The second-order valence-electron chi connectivity index (χ2n) is 9.50. The van der Waals surface area contributed by atoms with Gasteiger partial charge in [0.2, 0.25) is 0 Å². The van der Waals surface area contributed by atoms with E-state index in [4.69, 9.17) is 16.3 Å². The van der Waals surface area contributed by atoms with Crippen molar-refractivity contribution in [2.24, 2.45) is 23.2 Å². The van der Waals surface area contributed by atoms with Crippen molar-refractivity contribution in [2.75, 3.05) is 0 Å². The van der Waals surface area contributed by atoms with Crippen molar-refractivity contribution < 1.29 is 9.53 Å². The van der Waals surface area contributed by atoms with Crippen molar-refractivity contribution in [3.63, 3.8) is 0 Å². The predicted octanol–water partition coefficient (Wildman–Crippen LogP) is 5.18. The molecular weight excluding hydrogens is 346 g/mol. The summed E-state index contributed by atoms with van der Waals surface area (Å²) < 4.78 is 6.01. The molecule has 1 N–H and O–H groups in total. The van der Waals surface area contributed by atoms with Crippen LogP contribution in [0.5, 0.6) is 5.75 Å². The average Bonchev–Trinajstić information content (AvgIpc) is 2.53. The van der Waals surface area contributed by atoms with Gasteiger partial charge in [-0.1, -0.05) is 11.6 Å². The SMILES string of the molecule is CC1(C)N/C(=C\C(=O)C23CC4CC(CC(C4)C2)C3)c2cc(Cl)ccc2O1. The Morgan fingerprint density at radius 3 is 2.38 bits per heavy atom. The first-order valence-corrected chi connectivity index (χ1v) is 10.2. The molecule has 0 radical (unpaired) electrons. The maximum absolute atomic E-state index is 13.5. The number of carbonyl (C=O) groups excluding carboxylic acids is 1.